The van der Waals surface area contributed by atoms with E-state index in [0.29, 0.717) is 43.1 Å². The zero-order chi connectivity index (χ0) is 29.6. The number of carbonyl (C=O) groups is 1. The summed E-state index contributed by atoms with van der Waals surface area (Å²) in [5.41, 5.74) is 9.16. The predicted octanol–water partition coefficient (Wildman–Crippen LogP) is 4.39. The average Bonchev–Trinajstić information content (AvgIpc) is 3.29. The van der Waals surface area contributed by atoms with Crippen LogP contribution in [-0.4, -0.2) is 61.6 Å². The monoisotopic (exact) mass is 577 g/mol. The van der Waals surface area contributed by atoms with Crippen LogP contribution >= 0.6 is 0 Å². The molecule has 4 aromatic rings. The number of carbonyl (C=O) groups excluding carboxylic acids is 1. The summed E-state index contributed by atoms with van der Waals surface area (Å²) in [5.74, 6) is 1.08. The molecule has 3 aromatic carbocycles. The molecule has 0 atom stereocenters. The zero-order valence-electron chi connectivity index (χ0n) is 24.2. The number of fused-ring (bicyclic) bond motifs is 1. The van der Waals surface area contributed by atoms with Gasteiger partial charge in [0.05, 0.1) is 28.2 Å². The van der Waals surface area contributed by atoms with Crippen LogP contribution in [0.3, 0.4) is 0 Å². The molecule has 41 heavy (non-hydrogen) atoms. The Kier molecular flexibility index (Phi) is 9.67. The van der Waals surface area contributed by atoms with Gasteiger partial charge < -0.3 is 19.9 Å². The Bertz CT molecular complexity index is 1580. The molecule has 0 aliphatic carbocycles. The zero-order valence-corrected chi connectivity index (χ0v) is 25.0. The minimum atomic E-state index is -3.84. The number of anilines is 1. The highest BCUT2D eigenvalue weighted by Crippen LogP contribution is 2.29. The van der Waals surface area contributed by atoms with Crippen LogP contribution < -0.4 is 14.8 Å². The van der Waals surface area contributed by atoms with Crippen molar-refractivity contribution in [3.8, 4) is 5.75 Å². The van der Waals surface area contributed by atoms with Crippen LogP contribution in [0.25, 0.3) is 11.0 Å². The third kappa shape index (κ3) is 6.89. The van der Waals surface area contributed by atoms with Crippen molar-refractivity contribution in [2.45, 2.75) is 38.5 Å². The van der Waals surface area contributed by atoms with E-state index in [1.165, 1.54) is 4.31 Å². The number of aromatic nitrogens is 2. The van der Waals surface area contributed by atoms with E-state index in [9.17, 15) is 13.2 Å². The number of nitrogens with two attached hydrogens (primary N) is 1. The Morgan fingerprint density at radius 1 is 0.927 bits per heavy atom. The lowest BCUT2D eigenvalue weighted by Crippen LogP contribution is -2.38. The summed E-state index contributed by atoms with van der Waals surface area (Å²) in [6, 6.07) is 19.5. The molecule has 0 spiro atoms. The number of imidazole rings is 1. The molecule has 10 heteroatoms. The van der Waals surface area contributed by atoms with Crippen LogP contribution in [0.15, 0.2) is 71.6 Å². The maximum Gasteiger partial charge on any atom is 0.264 e. The molecule has 0 saturated carbocycles. The van der Waals surface area contributed by atoms with Gasteiger partial charge in [-0.2, -0.15) is 0 Å². The van der Waals surface area contributed by atoms with Gasteiger partial charge in [0.25, 0.3) is 10.0 Å². The second-order valence-corrected chi connectivity index (χ2v) is 11.7. The summed E-state index contributed by atoms with van der Waals surface area (Å²) in [7, 11) is -1.89. The normalized spacial score (nSPS) is 11.7. The van der Waals surface area contributed by atoms with E-state index in [2.05, 4.69) is 18.7 Å². The van der Waals surface area contributed by atoms with E-state index in [1.807, 2.05) is 48.9 Å². The van der Waals surface area contributed by atoms with Gasteiger partial charge in [0, 0.05) is 32.1 Å². The van der Waals surface area contributed by atoms with Crippen LogP contribution in [-0.2, 0) is 29.9 Å². The number of hydrogen-bond donors (Lipinski definition) is 1. The van der Waals surface area contributed by atoms with Crippen molar-refractivity contribution in [2.24, 2.45) is 12.8 Å². The van der Waals surface area contributed by atoms with E-state index in [4.69, 9.17) is 15.5 Å². The van der Waals surface area contributed by atoms with Crippen LogP contribution in [0.4, 0.5) is 5.69 Å². The fourth-order valence-corrected chi connectivity index (χ4v) is 6.31. The van der Waals surface area contributed by atoms with Crippen LogP contribution in [0.5, 0.6) is 5.75 Å². The fourth-order valence-electron chi connectivity index (χ4n) is 4.86. The lowest BCUT2D eigenvalue weighted by molar-refractivity contribution is 0.1000. The number of benzene rings is 3. The van der Waals surface area contributed by atoms with Gasteiger partial charge in [0.1, 0.15) is 11.6 Å². The Hall–Kier alpha value is -3.89. The summed E-state index contributed by atoms with van der Waals surface area (Å²) in [5, 5.41) is 0. The van der Waals surface area contributed by atoms with Gasteiger partial charge in [-0.15, -0.1) is 0 Å². The van der Waals surface area contributed by atoms with Crippen molar-refractivity contribution in [1.82, 2.24) is 14.5 Å². The number of aryl methyl sites for hydroxylation is 3. The first-order valence-corrected chi connectivity index (χ1v) is 15.4. The molecular formula is C31H39N5O4S. The van der Waals surface area contributed by atoms with E-state index < -0.39 is 15.9 Å². The van der Waals surface area contributed by atoms with Crippen molar-refractivity contribution >= 4 is 32.7 Å². The first-order valence-electron chi connectivity index (χ1n) is 14.0. The minimum absolute atomic E-state index is 0.216. The lowest BCUT2D eigenvalue weighted by Gasteiger charge is -2.28. The number of sulfonamides is 1. The number of hydrogen-bond acceptors (Lipinski definition) is 6. The van der Waals surface area contributed by atoms with Gasteiger partial charge in [-0.3, -0.25) is 9.10 Å². The Balaban J connectivity index is 1.64. The largest absolute Gasteiger partial charge is 0.494 e. The Morgan fingerprint density at radius 2 is 1.61 bits per heavy atom. The topological polar surface area (TPSA) is 111 Å². The maximum absolute atomic E-state index is 14.0. The van der Waals surface area contributed by atoms with E-state index >= 15 is 0 Å². The summed E-state index contributed by atoms with van der Waals surface area (Å²) < 4.78 is 36.9. The summed E-state index contributed by atoms with van der Waals surface area (Å²) in [6.07, 6.45) is 1.43. The van der Waals surface area contributed by atoms with Crippen molar-refractivity contribution in [3.63, 3.8) is 0 Å². The van der Waals surface area contributed by atoms with Gasteiger partial charge in [-0.1, -0.05) is 26.0 Å². The molecule has 218 valence electrons. The standard InChI is InChI=1S/C31H39N5O4S/c1-5-35(6-2)20-21-36(41(38,39)27-16-14-26(15-17-27)40-7-3)25-13-18-28-29(22-25)34(4)30(33-28)19-10-23-8-11-24(12-9-23)31(32)37/h8-9,11-18,22H,5-7,10,19-21H2,1-4H3,(H2,32,37). The molecule has 0 aliphatic heterocycles. The quantitative estimate of drug-likeness (QED) is 0.238. The van der Waals surface area contributed by atoms with E-state index in [-0.39, 0.29) is 4.90 Å². The Labute approximate surface area is 242 Å². The second-order valence-electron chi connectivity index (χ2n) is 9.83. The number of primary amides is 1. The van der Waals surface area contributed by atoms with Crippen molar-refractivity contribution in [3.05, 3.63) is 83.7 Å². The lowest BCUT2D eigenvalue weighted by atomic mass is 10.1. The first-order chi connectivity index (χ1) is 19.7. The molecule has 0 fully saturated rings. The van der Waals surface area contributed by atoms with Crippen LogP contribution in [0.2, 0.25) is 0 Å². The highest BCUT2D eigenvalue weighted by molar-refractivity contribution is 7.92. The van der Waals surface area contributed by atoms with Gasteiger partial charge in [0.2, 0.25) is 5.91 Å². The van der Waals surface area contributed by atoms with Gasteiger partial charge in [-0.25, -0.2) is 13.4 Å². The maximum atomic E-state index is 14.0. The van der Waals surface area contributed by atoms with E-state index in [0.717, 1.165) is 41.9 Å². The Morgan fingerprint density at radius 3 is 2.22 bits per heavy atom. The molecule has 9 nitrogen and oxygen atoms in total. The van der Waals surface area contributed by atoms with Crippen molar-refractivity contribution in [2.75, 3.05) is 37.1 Å². The van der Waals surface area contributed by atoms with Crippen LogP contribution in [0, 0.1) is 0 Å². The van der Waals surface area contributed by atoms with Crippen LogP contribution in [0.1, 0.15) is 42.5 Å². The number of likely N-dealkylation sites (N-methyl/N-ethyl adjacent to an activating group) is 1. The molecule has 1 amide bonds. The van der Waals surface area contributed by atoms with Gasteiger partial charge >= 0.3 is 0 Å². The van der Waals surface area contributed by atoms with Crippen molar-refractivity contribution < 1.29 is 17.9 Å². The van der Waals surface area contributed by atoms with Gasteiger partial charge in [0.15, 0.2) is 0 Å². The third-order valence-electron chi connectivity index (χ3n) is 7.36. The molecule has 2 N–H and O–H groups in total. The molecule has 0 bridgehead atoms. The predicted molar refractivity (Wildman–Crippen MR) is 163 cm³/mol. The van der Waals surface area contributed by atoms with E-state index in [1.54, 1.807) is 36.4 Å². The highest BCUT2D eigenvalue weighted by atomic mass is 32.2. The number of ether oxygens (including phenoxy) is 1. The summed E-state index contributed by atoms with van der Waals surface area (Å²) in [4.78, 5) is 18.6. The minimum Gasteiger partial charge on any atom is -0.494 e. The average molecular weight is 578 g/mol. The smallest absolute Gasteiger partial charge is 0.264 e. The molecular weight excluding hydrogens is 538 g/mol. The third-order valence-corrected chi connectivity index (χ3v) is 9.20. The second kappa shape index (κ2) is 13.2. The number of nitrogens with zero attached hydrogens (tertiary/aromatic N) is 4. The highest BCUT2D eigenvalue weighted by Gasteiger charge is 2.26. The molecule has 4 rings (SSSR count). The van der Waals surface area contributed by atoms with Gasteiger partial charge in [-0.05, 0) is 86.6 Å². The molecule has 0 unspecified atom stereocenters. The molecule has 1 aromatic heterocycles. The summed E-state index contributed by atoms with van der Waals surface area (Å²) in [6.45, 7) is 9.14. The fraction of sp³-hybridized carbons (Fsp3) is 0.355. The number of rotatable bonds is 14. The first kappa shape index (κ1) is 30.1. The van der Waals surface area contributed by atoms with Crippen molar-refractivity contribution in [1.29, 1.82) is 0 Å². The number of amides is 1. The summed E-state index contributed by atoms with van der Waals surface area (Å²) >= 11 is 0. The molecule has 0 saturated heterocycles. The molecule has 0 aliphatic rings. The molecule has 0 radical (unpaired) electrons. The SMILES string of the molecule is CCOc1ccc(S(=O)(=O)N(CCN(CC)CC)c2ccc3nc(CCc4ccc(C(N)=O)cc4)n(C)c3c2)cc1. The molecule has 1 heterocycles.